The first-order valence-electron chi connectivity index (χ1n) is 7.20. The van der Waals surface area contributed by atoms with E-state index < -0.39 is 0 Å². The van der Waals surface area contributed by atoms with Crippen LogP contribution in [0.4, 0.5) is 0 Å². The molecule has 0 spiro atoms. The second-order valence-corrected chi connectivity index (χ2v) is 5.39. The van der Waals surface area contributed by atoms with Crippen LogP contribution in [-0.4, -0.2) is 7.05 Å². The number of hydrogen-bond donors (Lipinski definition) is 1. The first-order valence-corrected chi connectivity index (χ1v) is 7.58. The van der Waals surface area contributed by atoms with Gasteiger partial charge in [0.05, 0.1) is 0 Å². The van der Waals surface area contributed by atoms with Crippen molar-refractivity contribution in [1.29, 1.82) is 0 Å². The number of unbranched alkanes of at least 4 members (excludes halogenated alkanes) is 5. The van der Waals surface area contributed by atoms with Gasteiger partial charge in [0, 0.05) is 11.1 Å². The maximum Gasteiger partial charge on any atom is 0.0409 e. The number of hydrogen-bond acceptors (Lipinski definition) is 1. The lowest BCUT2D eigenvalue weighted by Crippen LogP contribution is -2.16. The molecule has 1 rings (SSSR count). The van der Waals surface area contributed by atoms with Gasteiger partial charge < -0.3 is 5.32 Å². The van der Waals surface area contributed by atoms with Crippen LogP contribution in [0.15, 0.2) is 24.3 Å². The summed E-state index contributed by atoms with van der Waals surface area (Å²) in [5.74, 6) is 0. The zero-order valence-corrected chi connectivity index (χ0v) is 12.5. The molecule has 0 heterocycles. The predicted octanol–water partition coefficient (Wildman–Crippen LogP) is 5.35. The summed E-state index contributed by atoms with van der Waals surface area (Å²) < 4.78 is 0. The van der Waals surface area contributed by atoms with Crippen LogP contribution in [0.25, 0.3) is 0 Å². The molecule has 1 atom stereocenters. The second-order valence-electron chi connectivity index (χ2n) is 4.95. The van der Waals surface area contributed by atoms with E-state index in [9.17, 15) is 0 Å². The highest BCUT2D eigenvalue weighted by Crippen LogP contribution is 2.22. The van der Waals surface area contributed by atoms with Crippen LogP contribution in [0.1, 0.15) is 63.5 Å². The molecule has 0 aliphatic heterocycles. The summed E-state index contributed by atoms with van der Waals surface area (Å²) in [4.78, 5) is 0. The van der Waals surface area contributed by atoms with Gasteiger partial charge in [0.15, 0.2) is 0 Å². The van der Waals surface area contributed by atoms with E-state index in [1.54, 1.807) is 0 Å². The molecule has 0 saturated carbocycles. The molecule has 1 nitrogen and oxygen atoms in total. The zero-order valence-electron chi connectivity index (χ0n) is 11.7. The predicted molar refractivity (Wildman–Crippen MR) is 81.2 cm³/mol. The molecule has 102 valence electrons. The Hall–Kier alpha value is -0.530. The lowest BCUT2D eigenvalue weighted by molar-refractivity contribution is 0.498. The van der Waals surface area contributed by atoms with Crippen LogP contribution in [0.3, 0.4) is 0 Å². The lowest BCUT2D eigenvalue weighted by Gasteiger charge is -2.16. The number of nitrogens with one attached hydrogen (secondary N) is 1. The van der Waals surface area contributed by atoms with E-state index in [1.807, 2.05) is 19.2 Å². The van der Waals surface area contributed by atoms with Crippen molar-refractivity contribution >= 4 is 11.6 Å². The van der Waals surface area contributed by atoms with Crippen molar-refractivity contribution in [1.82, 2.24) is 5.32 Å². The highest BCUT2D eigenvalue weighted by atomic mass is 35.5. The van der Waals surface area contributed by atoms with Gasteiger partial charge in [-0.3, -0.25) is 0 Å². The average Bonchev–Trinajstić information content (AvgIpc) is 2.38. The molecular weight excluding hydrogens is 242 g/mol. The minimum absolute atomic E-state index is 0.440. The van der Waals surface area contributed by atoms with Crippen molar-refractivity contribution in [3.63, 3.8) is 0 Å². The monoisotopic (exact) mass is 267 g/mol. The first kappa shape index (κ1) is 15.5. The fourth-order valence-corrected chi connectivity index (χ4v) is 2.53. The summed E-state index contributed by atoms with van der Waals surface area (Å²) >= 11 is 6.04. The Kier molecular flexibility index (Phi) is 8.11. The van der Waals surface area contributed by atoms with Crippen molar-refractivity contribution in [2.75, 3.05) is 7.05 Å². The zero-order chi connectivity index (χ0) is 13.2. The van der Waals surface area contributed by atoms with Gasteiger partial charge in [-0.2, -0.15) is 0 Å². The van der Waals surface area contributed by atoms with Crippen molar-refractivity contribution in [2.24, 2.45) is 0 Å². The number of halogens is 1. The number of rotatable bonds is 9. The molecule has 0 saturated heterocycles. The van der Waals surface area contributed by atoms with Crippen molar-refractivity contribution in [2.45, 2.75) is 57.9 Å². The van der Waals surface area contributed by atoms with Gasteiger partial charge in [-0.05, 0) is 31.2 Å². The molecule has 2 heteroatoms. The maximum atomic E-state index is 6.04. The molecule has 0 aliphatic carbocycles. The minimum Gasteiger partial charge on any atom is -0.313 e. The molecule has 0 aliphatic rings. The van der Waals surface area contributed by atoms with E-state index in [2.05, 4.69) is 24.4 Å². The Labute approximate surface area is 117 Å². The summed E-state index contributed by atoms with van der Waals surface area (Å²) in [6, 6.07) is 8.63. The van der Waals surface area contributed by atoms with E-state index in [-0.39, 0.29) is 0 Å². The normalized spacial score (nSPS) is 12.6. The van der Waals surface area contributed by atoms with E-state index in [1.165, 1.54) is 50.5 Å². The van der Waals surface area contributed by atoms with Crippen LogP contribution in [0, 0.1) is 0 Å². The summed E-state index contributed by atoms with van der Waals surface area (Å²) in [5.41, 5.74) is 1.30. The Bertz CT molecular complexity index is 325. The molecule has 1 unspecified atom stereocenters. The third kappa shape index (κ3) is 5.88. The summed E-state index contributed by atoms with van der Waals surface area (Å²) in [5, 5.41) is 4.22. The summed E-state index contributed by atoms with van der Waals surface area (Å²) in [6.07, 6.45) is 9.30. The van der Waals surface area contributed by atoms with Gasteiger partial charge in [0.1, 0.15) is 0 Å². The van der Waals surface area contributed by atoms with E-state index in [0.29, 0.717) is 6.04 Å². The highest BCUT2D eigenvalue weighted by Gasteiger charge is 2.08. The third-order valence-electron chi connectivity index (χ3n) is 3.45. The molecule has 0 aromatic heterocycles. The number of benzene rings is 1. The molecule has 1 aromatic carbocycles. The van der Waals surface area contributed by atoms with Crippen LogP contribution in [-0.2, 0) is 0 Å². The van der Waals surface area contributed by atoms with Crippen molar-refractivity contribution in [3.05, 3.63) is 34.9 Å². The van der Waals surface area contributed by atoms with Crippen molar-refractivity contribution < 1.29 is 0 Å². The maximum absolute atomic E-state index is 6.04. The SMILES string of the molecule is CCCCCCCCC(NC)c1cccc(Cl)c1. The molecule has 0 radical (unpaired) electrons. The minimum atomic E-state index is 0.440. The fourth-order valence-electron chi connectivity index (χ4n) is 2.33. The third-order valence-corrected chi connectivity index (χ3v) is 3.68. The molecular formula is C16H26ClN. The largest absolute Gasteiger partial charge is 0.313 e. The van der Waals surface area contributed by atoms with E-state index >= 15 is 0 Å². The average molecular weight is 268 g/mol. The highest BCUT2D eigenvalue weighted by molar-refractivity contribution is 6.30. The summed E-state index contributed by atoms with van der Waals surface area (Å²) in [6.45, 7) is 2.26. The van der Waals surface area contributed by atoms with Gasteiger partial charge in [0.2, 0.25) is 0 Å². The van der Waals surface area contributed by atoms with E-state index in [0.717, 1.165) is 5.02 Å². The molecule has 1 N–H and O–H groups in total. The topological polar surface area (TPSA) is 12.0 Å². The summed E-state index contributed by atoms with van der Waals surface area (Å²) in [7, 11) is 2.03. The first-order chi connectivity index (χ1) is 8.77. The van der Waals surface area contributed by atoms with Gasteiger partial charge in [-0.1, -0.05) is 69.2 Å². The van der Waals surface area contributed by atoms with Gasteiger partial charge in [-0.25, -0.2) is 0 Å². The molecule has 18 heavy (non-hydrogen) atoms. The Morgan fingerprint density at radius 2 is 1.83 bits per heavy atom. The standard InChI is InChI=1S/C16H26ClN/c1-3-4-5-6-7-8-12-16(18-2)14-10-9-11-15(17)13-14/h9-11,13,16,18H,3-8,12H2,1-2H3. The Balaban J connectivity index is 2.29. The second kappa shape index (κ2) is 9.41. The van der Waals surface area contributed by atoms with Crippen molar-refractivity contribution in [3.8, 4) is 0 Å². The van der Waals surface area contributed by atoms with Crippen LogP contribution in [0.2, 0.25) is 5.02 Å². The molecule has 0 bridgehead atoms. The quantitative estimate of drug-likeness (QED) is 0.595. The Morgan fingerprint density at radius 1 is 1.11 bits per heavy atom. The fraction of sp³-hybridized carbons (Fsp3) is 0.625. The van der Waals surface area contributed by atoms with Gasteiger partial charge >= 0.3 is 0 Å². The molecule has 0 fully saturated rings. The smallest absolute Gasteiger partial charge is 0.0409 e. The van der Waals surface area contributed by atoms with Gasteiger partial charge in [-0.15, -0.1) is 0 Å². The lowest BCUT2D eigenvalue weighted by atomic mass is 10.00. The van der Waals surface area contributed by atoms with E-state index in [4.69, 9.17) is 11.6 Å². The molecule has 0 amide bonds. The van der Waals surface area contributed by atoms with Gasteiger partial charge in [0.25, 0.3) is 0 Å². The Morgan fingerprint density at radius 3 is 2.50 bits per heavy atom. The van der Waals surface area contributed by atoms with Crippen LogP contribution in [0.5, 0.6) is 0 Å². The van der Waals surface area contributed by atoms with Crippen LogP contribution < -0.4 is 5.32 Å². The van der Waals surface area contributed by atoms with Crippen LogP contribution >= 0.6 is 11.6 Å². The molecule has 1 aromatic rings.